The number of hydrogen-bond acceptors (Lipinski definition) is 5. The highest BCUT2D eigenvalue weighted by molar-refractivity contribution is 7.99. The minimum absolute atomic E-state index is 0.762. The summed E-state index contributed by atoms with van der Waals surface area (Å²) in [6.07, 6.45) is -3.60. The summed E-state index contributed by atoms with van der Waals surface area (Å²) in [6, 6.07) is 0. The second-order valence-corrected chi connectivity index (χ2v) is 3.49. The molecule has 1 rings (SSSR count). The molecule has 0 bridgehead atoms. The van der Waals surface area contributed by atoms with E-state index in [1.54, 1.807) is 11.8 Å². The molecule has 0 saturated heterocycles. The Kier molecular flexibility index (Phi) is 5.64. The lowest BCUT2D eigenvalue weighted by molar-refractivity contribution is -0.192. The number of nitrogens with two attached hydrogens (primary N) is 1. The lowest BCUT2D eigenvalue weighted by atomic mass is 10.7. The van der Waals surface area contributed by atoms with E-state index >= 15 is 0 Å². The van der Waals surface area contributed by atoms with Gasteiger partial charge in [0.25, 0.3) is 0 Å². The molecule has 0 saturated carbocycles. The van der Waals surface area contributed by atoms with Crippen LogP contribution in [0.3, 0.4) is 0 Å². The van der Waals surface area contributed by atoms with Crippen molar-refractivity contribution in [3.63, 3.8) is 0 Å². The van der Waals surface area contributed by atoms with Crippen LogP contribution in [0.1, 0.15) is 6.92 Å². The van der Waals surface area contributed by atoms with Gasteiger partial charge in [0.05, 0.1) is 0 Å². The number of thioether (sulfide) groups is 1. The van der Waals surface area contributed by atoms with E-state index in [1.807, 2.05) is 6.92 Å². The number of nitrogen functional groups attached to an aromatic ring is 1. The lowest BCUT2D eigenvalue weighted by Gasteiger charge is -1.93. The van der Waals surface area contributed by atoms with E-state index < -0.39 is 12.1 Å². The zero-order chi connectivity index (χ0) is 12.8. The Morgan fingerprint density at radius 2 is 2.19 bits per heavy atom. The highest BCUT2D eigenvalue weighted by atomic mass is 32.2. The maximum atomic E-state index is 10.6. The molecule has 3 N–H and O–H groups in total. The van der Waals surface area contributed by atoms with Crippen LogP contribution in [0.2, 0.25) is 0 Å². The number of alkyl halides is 3. The highest BCUT2D eigenvalue weighted by Gasteiger charge is 2.38. The first-order chi connectivity index (χ1) is 7.29. The van der Waals surface area contributed by atoms with Gasteiger partial charge in [0.1, 0.15) is 6.33 Å². The van der Waals surface area contributed by atoms with Crippen LogP contribution in [-0.4, -0.2) is 37.9 Å². The molecule has 0 aliphatic heterocycles. The van der Waals surface area contributed by atoms with Crippen LogP contribution in [0.15, 0.2) is 11.5 Å². The fourth-order valence-electron chi connectivity index (χ4n) is 0.464. The van der Waals surface area contributed by atoms with Gasteiger partial charge in [-0.1, -0.05) is 18.7 Å². The van der Waals surface area contributed by atoms with E-state index in [0.29, 0.717) is 0 Å². The van der Waals surface area contributed by atoms with Crippen LogP contribution in [-0.2, 0) is 4.79 Å². The Balaban J connectivity index is 0.000000293. The summed E-state index contributed by atoms with van der Waals surface area (Å²) in [5.74, 6) is 3.61. The molecule has 92 valence electrons. The van der Waals surface area contributed by atoms with Crippen LogP contribution >= 0.6 is 11.8 Å². The van der Waals surface area contributed by atoms with Gasteiger partial charge in [0, 0.05) is 0 Å². The summed E-state index contributed by atoms with van der Waals surface area (Å²) in [5, 5.41) is 15.3. The molecule has 1 heterocycles. The monoisotopic (exact) mass is 258 g/mol. The SMILES string of the molecule is CCSc1nncn1N.O=C(O)C(F)(F)F. The summed E-state index contributed by atoms with van der Waals surface area (Å²) in [4.78, 5) is 8.90. The van der Waals surface area contributed by atoms with Gasteiger partial charge in [-0.15, -0.1) is 10.2 Å². The molecule has 6 nitrogen and oxygen atoms in total. The lowest BCUT2D eigenvalue weighted by Crippen LogP contribution is -2.21. The predicted molar refractivity (Wildman–Crippen MR) is 50.3 cm³/mol. The molecule has 0 amide bonds. The third-order valence-electron chi connectivity index (χ3n) is 1.06. The molecule has 0 fully saturated rings. The first-order valence-electron chi connectivity index (χ1n) is 3.87. The van der Waals surface area contributed by atoms with E-state index in [1.165, 1.54) is 11.0 Å². The van der Waals surface area contributed by atoms with Gasteiger partial charge in [0.15, 0.2) is 0 Å². The quantitative estimate of drug-likeness (QED) is 0.600. The molecular weight excluding hydrogens is 249 g/mol. The van der Waals surface area contributed by atoms with Gasteiger partial charge in [-0.05, 0) is 5.75 Å². The van der Waals surface area contributed by atoms with E-state index in [4.69, 9.17) is 15.7 Å². The topological polar surface area (TPSA) is 94.0 Å². The molecular formula is C6H9F3N4O2S. The zero-order valence-corrected chi connectivity index (χ0v) is 8.92. The number of aromatic nitrogens is 3. The number of carbonyl (C=O) groups is 1. The second-order valence-electron chi connectivity index (χ2n) is 2.26. The average Bonchev–Trinajstić information content (AvgIpc) is 2.52. The molecule has 0 atom stereocenters. The maximum Gasteiger partial charge on any atom is 0.490 e. The van der Waals surface area contributed by atoms with Crippen LogP contribution in [0.4, 0.5) is 13.2 Å². The van der Waals surface area contributed by atoms with Crippen molar-refractivity contribution in [1.82, 2.24) is 14.9 Å². The van der Waals surface area contributed by atoms with Crippen LogP contribution in [0.25, 0.3) is 0 Å². The van der Waals surface area contributed by atoms with Crippen LogP contribution < -0.4 is 5.84 Å². The molecule has 10 heteroatoms. The van der Waals surface area contributed by atoms with Crippen molar-refractivity contribution >= 4 is 17.7 Å². The zero-order valence-electron chi connectivity index (χ0n) is 8.10. The number of hydrogen-bond donors (Lipinski definition) is 2. The van der Waals surface area contributed by atoms with Crippen molar-refractivity contribution in [2.75, 3.05) is 11.6 Å². The molecule has 0 aliphatic rings. The largest absolute Gasteiger partial charge is 0.490 e. The van der Waals surface area contributed by atoms with Crippen molar-refractivity contribution < 1.29 is 23.1 Å². The van der Waals surface area contributed by atoms with Crippen molar-refractivity contribution in [1.29, 1.82) is 0 Å². The van der Waals surface area contributed by atoms with E-state index in [-0.39, 0.29) is 0 Å². The normalized spacial score (nSPS) is 10.5. The maximum absolute atomic E-state index is 10.6. The Bertz CT molecular complexity index is 341. The fourth-order valence-corrected chi connectivity index (χ4v) is 1.02. The first-order valence-corrected chi connectivity index (χ1v) is 4.85. The van der Waals surface area contributed by atoms with Crippen LogP contribution in [0, 0.1) is 0 Å². The van der Waals surface area contributed by atoms with Gasteiger partial charge >= 0.3 is 12.1 Å². The number of carboxylic acids is 1. The van der Waals surface area contributed by atoms with Crippen LogP contribution in [0.5, 0.6) is 0 Å². The Morgan fingerprint density at radius 3 is 2.44 bits per heavy atom. The Morgan fingerprint density at radius 1 is 1.69 bits per heavy atom. The minimum atomic E-state index is -5.08. The predicted octanol–water partition coefficient (Wildman–Crippen LogP) is 0.737. The van der Waals surface area contributed by atoms with Gasteiger partial charge in [-0.2, -0.15) is 13.2 Å². The summed E-state index contributed by atoms with van der Waals surface area (Å²) < 4.78 is 33.1. The van der Waals surface area contributed by atoms with E-state index in [0.717, 1.165) is 10.9 Å². The number of aliphatic carboxylic acids is 1. The van der Waals surface area contributed by atoms with E-state index in [2.05, 4.69) is 10.2 Å². The molecule has 0 aliphatic carbocycles. The van der Waals surface area contributed by atoms with Gasteiger partial charge in [-0.25, -0.2) is 9.47 Å². The summed E-state index contributed by atoms with van der Waals surface area (Å²) in [7, 11) is 0. The van der Waals surface area contributed by atoms with Crippen molar-refractivity contribution in [2.45, 2.75) is 18.3 Å². The Hall–Kier alpha value is -1.45. The molecule has 0 spiro atoms. The third-order valence-corrected chi connectivity index (χ3v) is 1.90. The number of nitrogens with zero attached hydrogens (tertiary/aromatic N) is 3. The van der Waals surface area contributed by atoms with Gasteiger partial charge in [0.2, 0.25) is 5.16 Å². The molecule has 1 aromatic heterocycles. The number of carboxylic acid groups (broad SMARTS) is 1. The molecule has 0 radical (unpaired) electrons. The van der Waals surface area contributed by atoms with Gasteiger partial charge < -0.3 is 10.9 Å². The highest BCUT2D eigenvalue weighted by Crippen LogP contribution is 2.13. The summed E-state index contributed by atoms with van der Waals surface area (Å²) in [6.45, 7) is 2.04. The smallest absolute Gasteiger partial charge is 0.475 e. The minimum Gasteiger partial charge on any atom is -0.475 e. The molecule has 0 unspecified atom stereocenters. The number of halogens is 3. The molecule has 16 heavy (non-hydrogen) atoms. The van der Waals surface area contributed by atoms with Crippen molar-refractivity contribution in [3.05, 3.63) is 6.33 Å². The van der Waals surface area contributed by atoms with Crippen molar-refractivity contribution in [2.24, 2.45) is 0 Å². The molecule has 1 aromatic rings. The summed E-state index contributed by atoms with van der Waals surface area (Å²) in [5.41, 5.74) is 0. The van der Waals surface area contributed by atoms with Crippen molar-refractivity contribution in [3.8, 4) is 0 Å². The second kappa shape index (κ2) is 6.20. The number of rotatable bonds is 2. The third kappa shape index (κ3) is 5.44. The van der Waals surface area contributed by atoms with Gasteiger partial charge in [-0.3, -0.25) is 0 Å². The standard InChI is InChI=1S/C4H8N4S.C2HF3O2/c1-2-9-4-7-6-3-8(4)5;3-2(4,5)1(6)7/h3H,2,5H2,1H3;(H,6,7). The fraction of sp³-hybridized carbons (Fsp3) is 0.500. The first kappa shape index (κ1) is 14.6. The average molecular weight is 258 g/mol. The Labute approximate surface area is 92.6 Å². The van der Waals surface area contributed by atoms with E-state index in [9.17, 15) is 13.2 Å². The molecule has 0 aromatic carbocycles. The summed E-state index contributed by atoms with van der Waals surface area (Å²) >= 11 is 1.57.